The molecule has 0 aliphatic rings. The Morgan fingerprint density at radius 3 is 2.67 bits per heavy atom. The van der Waals surface area contributed by atoms with Gasteiger partial charge in [0.15, 0.2) is 0 Å². The SMILES string of the molecule is NC(=O)c1cccc(C(O)C(O)CS)c1. The predicted octanol–water partition coefficient (Wildman–Crippen LogP) is 0.110. The van der Waals surface area contributed by atoms with Gasteiger partial charge >= 0.3 is 0 Å². The molecule has 1 amide bonds. The van der Waals surface area contributed by atoms with E-state index in [4.69, 9.17) is 5.73 Å². The maximum atomic E-state index is 10.9. The molecule has 1 rings (SSSR count). The molecule has 0 spiro atoms. The fourth-order valence-corrected chi connectivity index (χ4v) is 1.40. The van der Waals surface area contributed by atoms with Crippen molar-refractivity contribution in [3.05, 3.63) is 35.4 Å². The maximum absolute atomic E-state index is 10.9. The van der Waals surface area contributed by atoms with Crippen molar-refractivity contribution in [2.75, 3.05) is 5.75 Å². The van der Waals surface area contributed by atoms with Gasteiger partial charge < -0.3 is 15.9 Å². The van der Waals surface area contributed by atoms with E-state index >= 15 is 0 Å². The fourth-order valence-electron chi connectivity index (χ4n) is 1.20. The van der Waals surface area contributed by atoms with E-state index in [-0.39, 0.29) is 5.75 Å². The van der Waals surface area contributed by atoms with Crippen LogP contribution in [0.2, 0.25) is 0 Å². The molecule has 0 aliphatic heterocycles. The quantitative estimate of drug-likeness (QED) is 0.551. The van der Waals surface area contributed by atoms with Crippen molar-refractivity contribution in [3.8, 4) is 0 Å². The third-order valence-electron chi connectivity index (χ3n) is 2.06. The average Bonchev–Trinajstić information content (AvgIpc) is 2.27. The van der Waals surface area contributed by atoms with Gasteiger partial charge in [0.25, 0.3) is 0 Å². The van der Waals surface area contributed by atoms with Gasteiger partial charge in [0.2, 0.25) is 5.91 Å². The second-order valence-electron chi connectivity index (χ2n) is 3.18. The van der Waals surface area contributed by atoms with Crippen LogP contribution in [0, 0.1) is 0 Å². The zero-order valence-electron chi connectivity index (χ0n) is 8.00. The minimum Gasteiger partial charge on any atom is -0.389 e. The van der Waals surface area contributed by atoms with E-state index in [0.29, 0.717) is 11.1 Å². The highest BCUT2D eigenvalue weighted by atomic mass is 32.1. The number of primary amides is 1. The standard InChI is InChI=1S/C10H13NO3S/c11-10(14)7-3-1-2-6(4-7)9(13)8(12)5-15/h1-4,8-9,12-13,15H,5H2,(H2,11,14). The number of carbonyl (C=O) groups excluding carboxylic acids is 1. The molecule has 1 aromatic carbocycles. The average molecular weight is 227 g/mol. The second kappa shape index (κ2) is 5.16. The summed E-state index contributed by atoms with van der Waals surface area (Å²) in [5.74, 6) is -0.425. The lowest BCUT2D eigenvalue weighted by molar-refractivity contribution is 0.0337. The molecule has 15 heavy (non-hydrogen) atoms. The number of nitrogens with two attached hydrogens (primary N) is 1. The number of rotatable bonds is 4. The number of amides is 1. The summed E-state index contributed by atoms with van der Waals surface area (Å²) in [7, 11) is 0. The summed E-state index contributed by atoms with van der Waals surface area (Å²) >= 11 is 3.87. The molecule has 1 aromatic rings. The summed E-state index contributed by atoms with van der Waals surface area (Å²) in [6, 6.07) is 6.22. The Balaban J connectivity index is 2.94. The van der Waals surface area contributed by atoms with Gasteiger partial charge in [-0.25, -0.2) is 0 Å². The molecule has 0 heterocycles. The highest BCUT2D eigenvalue weighted by molar-refractivity contribution is 7.80. The van der Waals surface area contributed by atoms with E-state index in [9.17, 15) is 15.0 Å². The van der Waals surface area contributed by atoms with Crippen molar-refractivity contribution in [1.82, 2.24) is 0 Å². The summed E-state index contributed by atoms with van der Waals surface area (Å²) < 4.78 is 0. The van der Waals surface area contributed by atoms with Crippen LogP contribution in [0.3, 0.4) is 0 Å². The monoisotopic (exact) mass is 227 g/mol. The third kappa shape index (κ3) is 2.95. The molecular weight excluding hydrogens is 214 g/mol. The Morgan fingerprint density at radius 2 is 2.13 bits per heavy atom. The first kappa shape index (κ1) is 12.0. The highest BCUT2D eigenvalue weighted by Gasteiger charge is 2.17. The molecule has 0 aromatic heterocycles. The first-order valence-corrected chi connectivity index (χ1v) is 5.06. The van der Waals surface area contributed by atoms with Crippen LogP contribution in [-0.2, 0) is 0 Å². The van der Waals surface area contributed by atoms with E-state index in [1.54, 1.807) is 18.2 Å². The van der Waals surface area contributed by atoms with Crippen LogP contribution in [0.5, 0.6) is 0 Å². The van der Waals surface area contributed by atoms with E-state index in [1.165, 1.54) is 6.07 Å². The normalized spacial score (nSPS) is 14.6. The van der Waals surface area contributed by atoms with Crippen molar-refractivity contribution in [3.63, 3.8) is 0 Å². The van der Waals surface area contributed by atoms with E-state index < -0.39 is 18.1 Å². The van der Waals surface area contributed by atoms with Crippen LogP contribution in [0.15, 0.2) is 24.3 Å². The number of thiol groups is 1. The van der Waals surface area contributed by atoms with Gasteiger partial charge in [-0.1, -0.05) is 12.1 Å². The first-order valence-electron chi connectivity index (χ1n) is 4.43. The summed E-state index contributed by atoms with van der Waals surface area (Å²) in [6.07, 6.45) is -2.02. The van der Waals surface area contributed by atoms with Crippen molar-refractivity contribution in [2.45, 2.75) is 12.2 Å². The number of hydrogen-bond donors (Lipinski definition) is 4. The van der Waals surface area contributed by atoms with Gasteiger partial charge in [-0.2, -0.15) is 12.6 Å². The zero-order valence-corrected chi connectivity index (χ0v) is 8.89. The maximum Gasteiger partial charge on any atom is 0.248 e. The smallest absolute Gasteiger partial charge is 0.248 e. The molecule has 0 fully saturated rings. The molecule has 5 heteroatoms. The Bertz CT molecular complexity index is 356. The van der Waals surface area contributed by atoms with Crippen molar-refractivity contribution in [2.24, 2.45) is 5.73 Å². The van der Waals surface area contributed by atoms with Crippen LogP contribution >= 0.6 is 12.6 Å². The molecule has 0 saturated heterocycles. The van der Waals surface area contributed by atoms with Crippen LogP contribution < -0.4 is 5.73 Å². The van der Waals surface area contributed by atoms with Gasteiger partial charge in [0.05, 0.1) is 6.10 Å². The van der Waals surface area contributed by atoms with Gasteiger partial charge in [0.1, 0.15) is 6.10 Å². The topological polar surface area (TPSA) is 83.6 Å². The molecule has 0 saturated carbocycles. The van der Waals surface area contributed by atoms with E-state index in [0.717, 1.165) is 0 Å². The van der Waals surface area contributed by atoms with Gasteiger partial charge in [-0.3, -0.25) is 4.79 Å². The summed E-state index contributed by atoms with van der Waals surface area (Å²) in [4.78, 5) is 10.9. The van der Waals surface area contributed by atoms with Crippen molar-refractivity contribution < 1.29 is 15.0 Å². The number of hydrogen-bond acceptors (Lipinski definition) is 4. The molecule has 0 radical (unpaired) electrons. The fraction of sp³-hybridized carbons (Fsp3) is 0.300. The molecular formula is C10H13NO3S. The predicted molar refractivity (Wildman–Crippen MR) is 59.8 cm³/mol. The van der Waals surface area contributed by atoms with E-state index in [2.05, 4.69) is 12.6 Å². The molecule has 0 aliphatic carbocycles. The molecule has 2 atom stereocenters. The first-order chi connectivity index (χ1) is 7.06. The molecule has 82 valence electrons. The Hall–Kier alpha value is -1.04. The Morgan fingerprint density at radius 1 is 1.47 bits per heavy atom. The van der Waals surface area contributed by atoms with E-state index in [1.807, 2.05) is 0 Å². The van der Waals surface area contributed by atoms with Crippen molar-refractivity contribution >= 4 is 18.5 Å². The van der Waals surface area contributed by atoms with Crippen LogP contribution in [-0.4, -0.2) is 28.0 Å². The Kier molecular flexibility index (Phi) is 4.14. The lowest BCUT2D eigenvalue weighted by Crippen LogP contribution is -2.20. The van der Waals surface area contributed by atoms with Crippen LogP contribution in [0.1, 0.15) is 22.0 Å². The molecule has 4 N–H and O–H groups in total. The molecule has 4 nitrogen and oxygen atoms in total. The van der Waals surface area contributed by atoms with Crippen molar-refractivity contribution in [1.29, 1.82) is 0 Å². The van der Waals surface area contributed by atoms with Crippen LogP contribution in [0.25, 0.3) is 0 Å². The summed E-state index contributed by atoms with van der Waals surface area (Å²) in [6.45, 7) is 0. The van der Waals surface area contributed by atoms with Gasteiger partial charge in [-0.05, 0) is 17.7 Å². The van der Waals surface area contributed by atoms with Gasteiger partial charge in [0, 0.05) is 11.3 Å². The van der Waals surface area contributed by atoms with Crippen LogP contribution in [0.4, 0.5) is 0 Å². The number of benzene rings is 1. The lowest BCUT2D eigenvalue weighted by Gasteiger charge is -2.16. The summed E-state index contributed by atoms with van der Waals surface area (Å²) in [5, 5.41) is 19.0. The minimum absolute atomic E-state index is 0.141. The lowest BCUT2D eigenvalue weighted by atomic mass is 10.0. The number of carbonyl (C=O) groups is 1. The Labute approximate surface area is 93.1 Å². The number of aliphatic hydroxyl groups is 2. The third-order valence-corrected chi connectivity index (χ3v) is 2.44. The molecule has 2 unspecified atom stereocenters. The second-order valence-corrected chi connectivity index (χ2v) is 3.55. The summed E-state index contributed by atoms with van der Waals surface area (Å²) in [5.41, 5.74) is 5.85. The molecule has 0 bridgehead atoms. The van der Waals surface area contributed by atoms with Gasteiger partial charge in [-0.15, -0.1) is 0 Å². The largest absolute Gasteiger partial charge is 0.389 e. The zero-order chi connectivity index (χ0) is 11.4. The minimum atomic E-state index is -1.05. The number of aliphatic hydroxyl groups excluding tert-OH is 2. The highest BCUT2D eigenvalue weighted by Crippen LogP contribution is 2.18.